The summed E-state index contributed by atoms with van der Waals surface area (Å²) >= 11 is 6.10. The number of carbonyl (C=O) groups excluding carboxylic acids is 1. The highest BCUT2D eigenvalue weighted by atomic mass is 35.5. The zero-order valence-corrected chi connectivity index (χ0v) is 15.5. The predicted molar refractivity (Wildman–Crippen MR) is 103 cm³/mol. The number of piperidine rings is 1. The van der Waals surface area contributed by atoms with Crippen LogP contribution >= 0.6 is 11.6 Å². The molecule has 1 atom stereocenters. The lowest BCUT2D eigenvalue weighted by molar-refractivity contribution is 0.0733. The van der Waals surface area contributed by atoms with Gasteiger partial charge in [-0.25, -0.2) is 0 Å². The van der Waals surface area contributed by atoms with Crippen LogP contribution in [0.2, 0.25) is 5.02 Å². The van der Waals surface area contributed by atoms with Gasteiger partial charge in [0.15, 0.2) is 0 Å². The van der Waals surface area contributed by atoms with E-state index >= 15 is 0 Å². The number of ether oxygens (including phenoxy) is 1. The number of amides is 1. The fourth-order valence-electron chi connectivity index (χ4n) is 3.75. The van der Waals surface area contributed by atoms with Crippen LogP contribution in [-0.4, -0.2) is 37.0 Å². The van der Waals surface area contributed by atoms with E-state index in [2.05, 4.69) is 17.4 Å². The van der Waals surface area contributed by atoms with Crippen LogP contribution in [0.4, 0.5) is 0 Å². The van der Waals surface area contributed by atoms with Crippen molar-refractivity contribution in [1.82, 2.24) is 10.2 Å². The van der Waals surface area contributed by atoms with Crippen LogP contribution in [-0.2, 0) is 6.54 Å². The number of halogens is 1. The van der Waals surface area contributed by atoms with Crippen molar-refractivity contribution in [3.63, 3.8) is 0 Å². The molecule has 1 N–H and O–H groups in total. The number of nitrogens with zero attached hydrogens (tertiary/aromatic N) is 1. The van der Waals surface area contributed by atoms with Crippen LogP contribution in [0.5, 0.6) is 5.75 Å². The molecule has 4 rings (SSSR count). The predicted octanol–water partition coefficient (Wildman–Crippen LogP) is 3.84. The first-order valence-corrected chi connectivity index (χ1v) is 9.60. The molecular weight excluding hydrogens is 348 g/mol. The van der Waals surface area contributed by atoms with Gasteiger partial charge in [-0.1, -0.05) is 23.7 Å². The van der Waals surface area contributed by atoms with E-state index in [0.717, 1.165) is 30.0 Å². The molecule has 0 bridgehead atoms. The van der Waals surface area contributed by atoms with Crippen LogP contribution in [0.15, 0.2) is 42.5 Å². The van der Waals surface area contributed by atoms with Gasteiger partial charge >= 0.3 is 0 Å². The second kappa shape index (κ2) is 7.68. The lowest BCUT2D eigenvalue weighted by atomic mass is 9.91. The van der Waals surface area contributed by atoms with E-state index in [-0.39, 0.29) is 5.91 Å². The summed E-state index contributed by atoms with van der Waals surface area (Å²) in [5.41, 5.74) is 2.99. The van der Waals surface area contributed by atoms with Gasteiger partial charge in [0, 0.05) is 29.2 Å². The Morgan fingerprint density at radius 3 is 2.81 bits per heavy atom. The van der Waals surface area contributed by atoms with E-state index in [0.29, 0.717) is 30.6 Å². The molecule has 0 saturated carbocycles. The van der Waals surface area contributed by atoms with Gasteiger partial charge in [0.25, 0.3) is 5.91 Å². The van der Waals surface area contributed by atoms with Gasteiger partial charge in [-0.05, 0) is 61.2 Å². The van der Waals surface area contributed by atoms with Crippen molar-refractivity contribution >= 4 is 17.5 Å². The molecule has 1 fully saturated rings. The summed E-state index contributed by atoms with van der Waals surface area (Å²) in [5.74, 6) is 1.40. The zero-order valence-electron chi connectivity index (χ0n) is 14.7. The molecule has 2 aliphatic rings. The topological polar surface area (TPSA) is 41.6 Å². The Kier molecular flexibility index (Phi) is 5.14. The Morgan fingerprint density at radius 2 is 2.04 bits per heavy atom. The monoisotopic (exact) mass is 370 g/mol. The highest BCUT2D eigenvalue weighted by Crippen LogP contribution is 2.28. The fraction of sp³-hybridized carbons (Fsp3) is 0.381. The van der Waals surface area contributed by atoms with Gasteiger partial charge in [-0.2, -0.15) is 0 Å². The minimum absolute atomic E-state index is 0.0368. The first kappa shape index (κ1) is 17.4. The van der Waals surface area contributed by atoms with Crippen molar-refractivity contribution in [2.24, 2.45) is 0 Å². The summed E-state index contributed by atoms with van der Waals surface area (Å²) < 4.78 is 5.76. The average Bonchev–Trinajstić information content (AvgIpc) is 2.90. The number of benzene rings is 2. The summed E-state index contributed by atoms with van der Waals surface area (Å²) in [5, 5.41) is 4.10. The van der Waals surface area contributed by atoms with Crippen molar-refractivity contribution in [1.29, 1.82) is 0 Å². The van der Waals surface area contributed by atoms with Crippen LogP contribution in [0.1, 0.15) is 40.2 Å². The second-order valence-electron chi connectivity index (χ2n) is 6.99. The first-order valence-electron chi connectivity index (χ1n) is 9.22. The number of hydrogen-bond donors (Lipinski definition) is 1. The number of carbonyl (C=O) groups is 1. The minimum Gasteiger partial charge on any atom is -0.491 e. The Bertz CT molecular complexity index is 785. The Morgan fingerprint density at radius 1 is 1.19 bits per heavy atom. The number of fused-ring (bicyclic) bond motifs is 1. The zero-order chi connectivity index (χ0) is 17.9. The number of hydrogen-bond acceptors (Lipinski definition) is 3. The normalized spacial score (nSPS) is 20.0. The van der Waals surface area contributed by atoms with Gasteiger partial charge in [-0.3, -0.25) is 4.79 Å². The van der Waals surface area contributed by atoms with Gasteiger partial charge in [0.05, 0.1) is 6.54 Å². The van der Waals surface area contributed by atoms with Crippen molar-refractivity contribution in [2.75, 3.05) is 26.2 Å². The maximum atomic E-state index is 13.0. The van der Waals surface area contributed by atoms with Gasteiger partial charge < -0.3 is 15.0 Å². The van der Waals surface area contributed by atoms with Gasteiger partial charge in [0.1, 0.15) is 12.4 Å². The van der Waals surface area contributed by atoms with Crippen LogP contribution < -0.4 is 10.1 Å². The van der Waals surface area contributed by atoms with E-state index in [1.54, 1.807) is 0 Å². The van der Waals surface area contributed by atoms with Crippen LogP contribution in [0.3, 0.4) is 0 Å². The largest absolute Gasteiger partial charge is 0.491 e. The van der Waals surface area contributed by atoms with Crippen LogP contribution in [0, 0.1) is 0 Å². The Labute approximate surface area is 159 Å². The standard InChI is InChI=1S/C21H23ClN2O2/c22-19-7-8-20-18(12-19)14-24(10-11-26-20)21(25)16-5-3-15(4-6-16)17-2-1-9-23-13-17/h3-8,12,17,23H,1-2,9-11,13-14H2. The SMILES string of the molecule is O=C(c1ccc(C2CCCNC2)cc1)N1CCOc2ccc(Cl)cc2C1. The molecule has 0 radical (unpaired) electrons. The molecule has 1 amide bonds. The van der Waals surface area contributed by atoms with Crippen LogP contribution in [0.25, 0.3) is 0 Å². The van der Waals surface area contributed by atoms with E-state index < -0.39 is 0 Å². The summed E-state index contributed by atoms with van der Waals surface area (Å²) in [6.45, 7) is 3.71. The van der Waals surface area contributed by atoms with Crippen molar-refractivity contribution in [3.8, 4) is 5.75 Å². The summed E-state index contributed by atoms with van der Waals surface area (Å²) in [6.07, 6.45) is 2.42. The molecule has 2 aromatic carbocycles. The smallest absolute Gasteiger partial charge is 0.254 e. The third-order valence-electron chi connectivity index (χ3n) is 5.22. The maximum absolute atomic E-state index is 13.0. The number of nitrogens with one attached hydrogen (secondary N) is 1. The lowest BCUT2D eigenvalue weighted by Gasteiger charge is -2.24. The molecule has 0 aromatic heterocycles. The van der Waals surface area contributed by atoms with E-state index in [1.165, 1.54) is 18.4 Å². The lowest BCUT2D eigenvalue weighted by Crippen LogP contribution is -2.32. The van der Waals surface area contributed by atoms with E-state index in [4.69, 9.17) is 16.3 Å². The molecular formula is C21H23ClN2O2. The molecule has 26 heavy (non-hydrogen) atoms. The molecule has 2 heterocycles. The molecule has 1 unspecified atom stereocenters. The van der Waals surface area contributed by atoms with E-state index in [9.17, 15) is 4.79 Å². The summed E-state index contributed by atoms with van der Waals surface area (Å²) in [6, 6.07) is 13.7. The number of rotatable bonds is 2. The molecule has 2 aromatic rings. The third kappa shape index (κ3) is 3.71. The average molecular weight is 371 g/mol. The quantitative estimate of drug-likeness (QED) is 0.873. The van der Waals surface area contributed by atoms with Crippen molar-refractivity contribution < 1.29 is 9.53 Å². The molecule has 0 spiro atoms. The Balaban J connectivity index is 1.50. The molecule has 4 nitrogen and oxygen atoms in total. The third-order valence-corrected chi connectivity index (χ3v) is 5.45. The van der Waals surface area contributed by atoms with Crippen molar-refractivity contribution in [3.05, 3.63) is 64.2 Å². The highest BCUT2D eigenvalue weighted by Gasteiger charge is 2.22. The van der Waals surface area contributed by atoms with Gasteiger partial charge in [0.2, 0.25) is 0 Å². The molecule has 1 saturated heterocycles. The highest BCUT2D eigenvalue weighted by molar-refractivity contribution is 6.30. The van der Waals surface area contributed by atoms with E-state index in [1.807, 2.05) is 35.2 Å². The second-order valence-corrected chi connectivity index (χ2v) is 7.43. The fourth-order valence-corrected chi connectivity index (χ4v) is 3.95. The summed E-state index contributed by atoms with van der Waals surface area (Å²) in [7, 11) is 0. The molecule has 0 aliphatic carbocycles. The molecule has 5 heteroatoms. The molecule has 136 valence electrons. The molecule has 2 aliphatic heterocycles. The minimum atomic E-state index is 0.0368. The first-order chi connectivity index (χ1) is 12.7. The van der Waals surface area contributed by atoms with Gasteiger partial charge in [-0.15, -0.1) is 0 Å². The maximum Gasteiger partial charge on any atom is 0.254 e. The Hall–Kier alpha value is -2.04. The summed E-state index contributed by atoms with van der Waals surface area (Å²) in [4.78, 5) is 14.8. The van der Waals surface area contributed by atoms with Crippen molar-refractivity contribution in [2.45, 2.75) is 25.3 Å².